The Morgan fingerprint density at radius 1 is 1.32 bits per heavy atom. The van der Waals surface area contributed by atoms with Crippen molar-refractivity contribution in [1.29, 1.82) is 0 Å². The number of hydrogen-bond donors (Lipinski definition) is 1. The number of aromatic amines is 1. The second kappa shape index (κ2) is 8.23. The Morgan fingerprint density at radius 3 is 2.52 bits per heavy atom. The lowest BCUT2D eigenvalue weighted by atomic mass is 10.2. The number of rotatable bonds is 5. The van der Waals surface area contributed by atoms with E-state index in [0.29, 0.717) is 29.8 Å². The molecule has 0 fully saturated rings. The number of H-pyrrole nitrogens is 1. The Bertz CT molecular complexity index is 723. The number of imidazole rings is 1. The Labute approximate surface area is 161 Å². The van der Waals surface area contributed by atoms with Gasteiger partial charge < -0.3 is 14.6 Å². The quantitative estimate of drug-likeness (QED) is 0.670. The highest BCUT2D eigenvalue weighted by Crippen LogP contribution is 2.27. The molecule has 2 aromatic rings. The van der Waals surface area contributed by atoms with Gasteiger partial charge in [-0.3, -0.25) is 0 Å². The summed E-state index contributed by atoms with van der Waals surface area (Å²) in [4.78, 5) is 21.6. The number of nitrogens with one attached hydrogen (secondary N) is 1. The van der Waals surface area contributed by atoms with Crippen molar-refractivity contribution in [1.82, 2.24) is 14.9 Å². The zero-order valence-electron chi connectivity index (χ0n) is 14.9. The Kier molecular flexibility index (Phi) is 6.52. The fourth-order valence-corrected chi connectivity index (χ4v) is 2.81. The molecule has 0 aliphatic rings. The number of amides is 1. The summed E-state index contributed by atoms with van der Waals surface area (Å²) in [5.74, 6) is 0.627. The lowest BCUT2D eigenvalue weighted by molar-refractivity contribution is 0.0229. The molecule has 1 aromatic heterocycles. The fraction of sp³-hybridized carbons (Fsp3) is 0.444. The third-order valence-corrected chi connectivity index (χ3v) is 4.11. The summed E-state index contributed by atoms with van der Waals surface area (Å²) in [5, 5.41) is 0.456. The minimum absolute atomic E-state index is 0.318. The van der Waals surface area contributed by atoms with Gasteiger partial charge in [-0.15, -0.1) is 0 Å². The predicted octanol–water partition coefficient (Wildman–Crippen LogP) is 5.64. The average Bonchev–Trinajstić information content (AvgIpc) is 2.86. The molecule has 1 aromatic carbocycles. The molecule has 0 spiro atoms. The minimum atomic E-state index is -0.535. The van der Waals surface area contributed by atoms with Crippen LogP contribution in [0.4, 0.5) is 4.79 Å². The molecule has 25 heavy (non-hydrogen) atoms. The SMILES string of the molecule is CCCN(Cc1nc(-c2ccc(Br)cc2)c(Cl)[nH]1)C(=O)OC(C)(C)C. The van der Waals surface area contributed by atoms with Crippen LogP contribution < -0.4 is 0 Å². The molecular weight excluding hydrogens is 406 g/mol. The number of aromatic nitrogens is 2. The van der Waals surface area contributed by atoms with Gasteiger partial charge in [-0.25, -0.2) is 9.78 Å². The number of hydrogen-bond acceptors (Lipinski definition) is 3. The molecule has 0 unspecified atom stereocenters. The first-order chi connectivity index (χ1) is 11.7. The van der Waals surface area contributed by atoms with Crippen molar-refractivity contribution >= 4 is 33.6 Å². The number of carbonyl (C=O) groups excluding carboxylic acids is 1. The normalized spacial score (nSPS) is 11.4. The standard InChI is InChI=1S/C18H23BrClN3O2/c1-5-10-23(17(24)25-18(2,3)4)11-14-21-15(16(20)22-14)12-6-8-13(19)9-7-12/h6-9H,5,10-11H2,1-4H3,(H,21,22). The predicted molar refractivity (Wildman–Crippen MR) is 104 cm³/mol. The molecule has 1 N–H and O–H groups in total. The molecule has 0 saturated carbocycles. The van der Waals surface area contributed by atoms with Crippen LogP contribution in [0.1, 0.15) is 39.9 Å². The number of carbonyl (C=O) groups is 1. The summed E-state index contributed by atoms with van der Waals surface area (Å²) in [6, 6.07) is 7.75. The number of benzene rings is 1. The lowest BCUT2D eigenvalue weighted by Crippen LogP contribution is -2.37. The van der Waals surface area contributed by atoms with E-state index < -0.39 is 5.60 Å². The summed E-state index contributed by atoms with van der Waals surface area (Å²) in [6.45, 7) is 8.47. The highest BCUT2D eigenvalue weighted by atomic mass is 79.9. The molecule has 0 radical (unpaired) electrons. The molecule has 1 amide bonds. The fourth-order valence-electron chi connectivity index (χ4n) is 2.28. The van der Waals surface area contributed by atoms with Crippen molar-refractivity contribution in [3.05, 3.63) is 39.7 Å². The molecule has 7 heteroatoms. The van der Waals surface area contributed by atoms with Crippen LogP contribution in [-0.4, -0.2) is 33.1 Å². The van der Waals surface area contributed by atoms with Crippen LogP contribution in [0.2, 0.25) is 5.15 Å². The number of nitrogens with zero attached hydrogens (tertiary/aromatic N) is 2. The summed E-state index contributed by atoms with van der Waals surface area (Å²) >= 11 is 9.71. The van der Waals surface area contributed by atoms with Gasteiger partial charge in [0.2, 0.25) is 0 Å². The first-order valence-electron chi connectivity index (χ1n) is 8.18. The number of ether oxygens (including phenoxy) is 1. The molecule has 2 rings (SSSR count). The largest absolute Gasteiger partial charge is 0.444 e. The van der Waals surface area contributed by atoms with Crippen LogP contribution in [0.15, 0.2) is 28.7 Å². The molecule has 0 bridgehead atoms. The molecular formula is C18H23BrClN3O2. The van der Waals surface area contributed by atoms with Crippen molar-refractivity contribution < 1.29 is 9.53 Å². The van der Waals surface area contributed by atoms with Gasteiger partial charge >= 0.3 is 6.09 Å². The highest BCUT2D eigenvalue weighted by molar-refractivity contribution is 9.10. The van der Waals surface area contributed by atoms with Gasteiger partial charge in [-0.1, -0.05) is 46.6 Å². The monoisotopic (exact) mass is 427 g/mol. The molecule has 136 valence electrons. The van der Waals surface area contributed by atoms with Gasteiger partial charge in [0.05, 0.1) is 6.54 Å². The van der Waals surface area contributed by atoms with E-state index in [1.165, 1.54) is 0 Å². The maximum Gasteiger partial charge on any atom is 0.410 e. The van der Waals surface area contributed by atoms with E-state index in [-0.39, 0.29) is 6.09 Å². The summed E-state index contributed by atoms with van der Waals surface area (Å²) in [5.41, 5.74) is 1.05. The van der Waals surface area contributed by atoms with Crippen molar-refractivity contribution in [2.75, 3.05) is 6.54 Å². The Morgan fingerprint density at radius 2 is 1.96 bits per heavy atom. The van der Waals surface area contributed by atoms with Crippen LogP contribution in [0.5, 0.6) is 0 Å². The topological polar surface area (TPSA) is 58.2 Å². The first kappa shape index (κ1) is 19.8. The van der Waals surface area contributed by atoms with E-state index in [4.69, 9.17) is 16.3 Å². The van der Waals surface area contributed by atoms with E-state index in [0.717, 1.165) is 16.5 Å². The second-order valence-electron chi connectivity index (χ2n) is 6.75. The van der Waals surface area contributed by atoms with Crippen LogP contribution in [0, 0.1) is 0 Å². The maximum atomic E-state index is 12.4. The van der Waals surface area contributed by atoms with E-state index in [2.05, 4.69) is 25.9 Å². The summed E-state index contributed by atoms with van der Waals surface area (Å²) < 4.78 is 6.45. The van der Waals surface area contributed by atoms with Gasteiger partial charge in [0.1, 0.15) is 22.3 Å². The summed E-state index contributed by atoms with van der Waals surface area (Å²) in [7, 11) is 0. The van der Waals surface area contributed by atoms with Gasteiger partial charge in [0.25, 0.3) is 0 Å². The first-order valence-corrected chi connectivity index (χ1v) is 9.35. The second-order valence-corrected chi connectivity index (χ2v) is 8.05. The summed E-state index contributed by atoms with van der Waals surface area (Å²) in [6.07, 6.45) is 0.472. The van der Waals surface area contributed by atoms with Crippen LogP contribution >= 0.6 is 27.5 Å². The minimum Gasteiger partial charge on any atom is -0.444 e. The van der Waals surface area contributed by atoms with Crippen LogP contribution in [0.25, 0.3) is 11.3 Å². The lowest BCUT2D eigenvalue weighted by Gasteiger charge is -2.26. The molecule has 1 heterocycles. The van der Waals surface area contributed by atoms with Crippen molar-refractivity contribution in [2.45, 2.75) is 46.3 Å². The molecule has 0 aliphatic carbocycles. The van der Waals surface area contributed by atoms with Gasteiger partial charge in [-0.05, 0) is 39.3 Å². The smallest absolute Gasteiger partial charge is 0.410 e. The third-order valence-electron chi connectivity index (χ3n) is 3.31. The van der Waals surface area contributed by atoms with E-state index in [1.54, 1.807) is 4.90 Å². The van der Waals surface area contributed by atoms with Gasteiger partial charge in [-0.2, -0.15) is 0 Å². The molecule has 0 saturated heterocycles. The van der Waals surface area contributed by atoms with Crippen molar-refractivity contribution in [3.63, 3.8) is 0 Å². The van der Waals surface area contributed by atoms with E-state index in [9.17, 15) is 4.79 Å². The zero-order chi connectivity index (χ0) is 18.6. The van der Waals surface area contributed by atoms with Gasteiger partial charge in [0.15, 0.2) is 0 Å². The highest BCUT2D eigenvalue weighted by Gasteiger charge is 2.23. The maximum absolute atomic E-state index is 12.4. The Balaban J connectivity index is 2.18. The van der Waals surface area contributed by atoms with Gasteiger partial charge in [0, 0.05) is 16.6 Å². The van der Waals surface area contributed by atoms with E-state index >= 15 is 0 Å². The van der Waals surface area contributed by atoms with Crippen molar-refractivity contribution in [3.8, 4) is 11.3 Å². The number of halogens is 2. The van der Waals surface area contributed by atoms with E-state index in [1.807, 2.05) is 52.0 Å². The zero-order valence-corrected chi connectivity index (χ0v) is 17.2. The third kappa shape index (κ3) is 5.75. The van der Waals surface area contributed by atoms with Crippen LogP contribution in [-0.2, 0) is 11.3 Å². The molecule has 5 nitrogen and oxygen atoms in total. The average molecular weight is 429 g/mol. The Hall–Kier alpha value is -1.53. The molecule has 0 aliphatic heterocycles. The van der Waals surface area contributed by atoms with Crippen LogP contribution in [0.3, 0.4) is 0 Å². The van der Waals surface area contributed by atoms with Crippen molar-refractivity contribution in [2.24, 2.45) is 0 Å². The molecule has 0 atom stereocenters.